The molecule has 12 rings (SSSR count). The van der Waals surface area contributed by atoms with E-state index in [0.717, 1.165) is 35.1 Å². The number of nitrogens with one attached hydrogen (secondary N) is 4. The van der Waals surface area contributed by atoms with Crippen LogP contribution in [0.1, 0.15) is 102 Å². The van der Waals surface area contributed by atoms with Crippen molar-refractivity contribution in [1.29, 1.82) is 0 Å². The lowest BCUT2D eigenvalue weighted by molar-refractivity contribution is -0.142. The lowest BCUT2D eigenvalue weighted by Gasteiger charge is -2.28. The Hall–Kier alpha value is -5.68. The van der Waals surface area contributed by atoms with Crippen molar-refractivity contribution in [3.05, 3.63) is 59.9 Å². The van der Waals surface area contributed by atoms with E-state index in [-0.39, 0.29) is 157 Å². The van der Waals surface area contributed by atoms with Gasteiger partial charge in [-0.05, 0) is 60.2 Å². The van der Waals surface area contributed by atoms with Crippen LogP contribution in [0.3, 0.4) is 0 Å². The zero-order chi connectivity index (χ0) is 101. The van der Waals surface area contributed by atoms with Gasteiger partial charge in [-0.2, -0.15) is 10.2 Å². The van der Waals surface area contributed by atoms with Crippen LogP contribution < -0.4 is 27.0 Å². The van der Waals surface area contributed by atoms with Gasteiger partial charge in [0, 0.05) is 333 Å². The Bertz CT molecular complexity index is 4640. The molecule has 0 spiro atoms. The first-order valence-corrected chi connectivity index (χ1v) is 45.0. The van der Waals surface area contributed by atoms with Gasteiger partial charge in [0.1, 0.15) is 78.5 Å². The Morgan fingerprint density at radius 3 is 1.07 bits per heavy atom. The monoisotopic (exact) mass is 1770 g/mol. The fourth-order valence-electron chi connectivity index (χ4n) is 18.0. The molecule has 26 nitrogen and oxygen atoms in total. The molecule has 70 heteroatoms. The number of nitrogens with zero attached hydrogens (tertiary/aromatic N) is 7. The molecule has 4 unspecified atom stereocenters. The first kappa shape index (κ1) is 115. The maximum Gasteiger partial charge on any atom is 0.411 e. The van der Waals surface area contributed by atoms with Gasteiger partial charge in [0.05, 0.1) is 63.1 Å². The van der Waals surface area contributed by atoms with Gasteiger partial charge in [-0.15, -0.1) is 0 Å². The number of nitrogens with two attached hydrogens (primary N) is 1. The van der Waals surface area contributed by atoms with Crippen molar-refractivity contribution in [2.24, 2.45) is 5.73 Å². The van der Waals surface area contributed by atoms with E-state index in [9.17, 15) is 65.5 Å². The molecule has 2 aromatic heterocycles. The molecule has 8 aliphatic heterocycles. The third-order valence-corrected chi connectivity index (χ3v) is 25.3. The Morgan fingerprint density at radius 1 is 0.448 bits per heavy atom. The number of aromatic nitrogens is 4. The third kappa shape index (κ3) is 33.2. The number of para-hydroxylation sites is 2. The highest BCUT2D eigenvalue weighted by Crippen LogP contribution is 2.42. The number of aliphatic carboxylic acids is 2. The molecule has 636 valence electrons. The molecule has 0 aliphatic carbocycles. The average molecular weight is 1760 g/mol. The van der Waals surface area contributed by atoms with Crippen molar-refractivity contribution in [3.63, 3.8) is 0 Å². The molecule has 8 saturated heterocycles. The predicted molar refractivity (Wildman–Crippen MR) is 566 cm³/mol. The Labute approximate surface area is 820 Å². The number of alkyl halides is 4. The van der Waals surface area contributed by atoms with Gasteiger partial charge >= 0.3 is 24.1 Å². The van der Waals surface area contributed by atoms with Crippen molar-refractivity contribution in [2.45, 2.75) is 203 Å². The highest BCUT2D eigenvalue weighted by Gasteiger charge is 2.55. The van der Waals surface area contributed by atoms with Crippen LogP contribution in [-0.2, 0) is 51.3 Å². The Morgan fingerprint density at radius 2 is 0.761 bits per heavy atom. The van der Waals surface area contributed by atoms with Crippen LogP contribution in [0.15, 0.2) is 48.5 Å². The zero-order valence-electron chi connectivity index (χ0n) is 77.4. The van der Waals surface area contributed by atoms with Crippen LogP contribution in [0.4, 0.5) is 27.2 Å². The van der Waals surface area contributed by atoms with E-state index in [0.29, 0.717) is 66.1 Å². The minimum atomic E-state index is -1.32. The minimum Gasteiger partial charge on any atom is -0.480 e. The van der Waals surface area contributed by atoms with Gasteiger partial charge in [0.2, 0.25) is 23.6 Å². The molecule has 6 amide bonds. The van der Waals surface area contributed by atoms with Gasteiger partial charge in [-0.1, -0.05) is 84.9 Å². The zero-order valence-corrected chi connectivity index (χ0v) is 77.4. The van der Waals surface area contributed by atoms with Gasteiger partial charge < -0.3 is 51.6 Å². The lowest BCUT2D eigenvalue weighted by Crippen LogP contribution is -2.63. The van der Waals surface area contributed by atoms with Gasteiger partial charge in [0.15, 0.2) is 11.6 Å². The summed E-state index contributed by atoms with van der Waals surface area (Å²) < 4.78 is 67.5. The summed E-state index contributed by atoms with van der Waals surface area (Å²) in [5, 5.41) is 38.6. The second-order valence-electron chi connectivity index (χ2n) is 38.4. The van der Waals surface area contributed by atoms with Crippen molar-refractivity contribution in [2.75, 3.05) is 52.4 Å². The molecule has 40 radical (unpaired) electrons. The molecule has 134 heavy (non-hydrogen) atoms. The Balaban J connectivity index is 0.000000227. The van der Waals surface area contributed by atoms with Crippen molar-refractivity contribution < 1.29 is 85.2 Å². The smallest absolute Gasteiger partial charge is 0.411 e. The minimum absolute atomic E-state index is 0.0245. The van der Waals surface area contributed by atoms with Crippen molar-refractivity contribution in [3.8, 4) is 0 Å². The molecule has 8 N–H and O–H groups in total. The van der Waals surface area contributed by atoms with Crippen LogP contribution in [0.25, 0.3) is 21.8 Å². The van der Waals surface area contributed by atoms with Crippen LogP contribution >= 0.6 is 0 Å². The standard InChI is InChI=1S/C19H21B10FN4O3.C13H21B10FN2O3.C11H10N2O3.C10H16FNO4.C8H13B10FN2O.C3H7B10N/c1-11(35)18-14-4-2-3-5-15(14)34(32-18)10-17(36)33-9-13(30)6-16(33)19(37)31-8-12-7-25(12)29(27(22)23)28(24)26(20)21;1-13(2,3)29-12(28)26-7-9(24)4-10(26)11(27)25-6-8-5-19(8)23(21(16)17)22(18)20(14)15;1-7(14)11-8-4-2-3-5-9(8)13(12-11)6-10(15)16;1-10(2,3)16-9(15)12-5-6(11)4-7(12)8(13)14;9-15(10)17(13)18(16(11)12)14-2-5(14)3-21-8(22)7-1-6(19)4-20-7;4-10(5)12(8)13(11(6)7)9-1-3(9)2-14/h2-5,12-13,16H,6-10H2,1H3,(H,31,37);8-10H,4-7H2,1-3H3,(H,25,27);2-5H,6H2,1H3,(H,15,16);6-7H,4-5H2,1-3H3,(H,13,14);5-7,20H,1-4H2,(H,21,22);3H,1-2,14H2/t12?,13-,16+;8?,9-,10+;;6-,7+;5?,6-,7+;/m11.11./s1. The quantitative estimate of drug-likeness (QED) is 0.0132. The molecule has 8 aliphatic rings. The number of halogens is 4. The van der Waals surface area contributed by atoms with Crippen LogP contribution in [-0.4, -0.2) is 500 Å². The SMILES string of the molecule is CC(=O)c1nn(CC(=O)O)c2ccccc12.CC(C)(C)OC(=O)N1C[C@H](F)C[C@H]1C(=O)O.[B]B([B])B([B])B(B([B])[B])B1CC1CN.[B]B([B])B([B])B(B([B])[B])B1CC1CNC(=O)[C@@H]1C[C@@H](F)CN1.[B]B([B])B([B])B(B([B])[B])B1CC1CNC(=O)[C@@H]1C[C@@H](F)CN1C(=O)Cn1nc(C(C)=O)c2ccccc21.[B]B([B])B([B])B(B([B])[B])B1CC1CNC(=O)[C@@H]1C[C@@H](F)CN1C(=O)OC(C)(C)C. The number of carbonyl (C=O) groups excluding carboxylic acids is 8. The van der Waals surface area contributed by atoms with Crippen molar-refractivity contribution in [1.82, 2.24) is 55.5 Å². The number of Topliss-reactive ketones (excluding diaryl/α,β-unsaturated/α-hetero) is 2. The molecule has 4 aromatic rings. The number of rotatable bonds is 33. The number of benzene rings is 2. The van der Waals surface area contributed by atoms with E-state index >= 15 is 0 Å². The number of carboxylic acid groups (broad SMARTS) is 2. The summed E-state index contributed by atoms with van der Waals surface area (Å²) in [6, 6.07) is 10.7. The molecule has 0 bridgehead atoms. The predicted octanol–water partition coefficient (Wildman–Crippen LogP) is -8.78. The normalized spacial score (nSPS) is 21.4. The van der Waals surface area contributed by atoms with Crippen LogP contribution in [0, 0.1) is 0 Å². The van der Waals surface area contributed by atoms with Gasteiger partial charge in [0.25, 0.3) is 0 Å². The maximum absolute atomic E-state index is 14.4. The number of carboxylic acids is 2. The fraction of sp³-hybridized carbons (Fsp3) is 0.625. The molecule has 0 saturated carbocycles. The van der Waals surface area contributed by atoms with E-state index in [1.165, 1.54) is 28.1 Å². The molecular weight excluding hydrogens is 1670 g/mol. The van der Waals surface area contributed by atoms with Gasteiger partial charge in [-0.3, -0.25) is 52.7 Å². The number of ketones is 2. The third-order valence-electron chi connectivity index (χ3n) is 25.3. The number of carbonyl (C=O) groups is 10. The van der Waals surface area contributed by atoms with E-state index in [1.54, 1.807) is 90.1 Å². The first-order valence-electron chi connectivity index (χ1n) is 45.0. The van der Waals surface area contributed by atoms with Crippen LogP contribution in [0.5, 0.6) is 0 Å². The Kier molecular flexibility index (Phi) is 44.0. The summed E-state index contributed by atoms with van der Waals surface area (Å²) in [7, 11) is 116. The van der Waals surface area contributed by atoms with Gasteiger partial charge in [-0.25, -0.2) is 31.9 Å². The summed E-state index contributed by atoms with van der Waals surface area (Å²) in [5.41, 5.74) is 5.96. The number of hydrogen-bond donors (Lipinski definition) is 7. The highest BCUT2D eigenvalue weighted by molar-refractivity contribution is 8.03. The van der Waals surface area contributed by atoms with Crippen molar-refractivity contribution >= 4 is 364 Å². The second kappa shape index (κ2) is 51.1. The molecule has 10 heterocycles. The maximum atomic E-state index is 14.4. The fourth-order valence-corrected chi connectivity index (χ4v) is 18.0. The highest BCUT2D eigenvalue weighted by atomic mass is 19.1. The first-order chi connectivity index (χ1) is 62.4. The van der Waals surface area contributed by atoms with E-state index < -0.39 is 172 Å². The van der Waals surface area contributed by atoms with E-state index in [1.807, 2.05) is 0 Å². The summed E-state index contributed by atoms with van der Waals surface area (Å²) in [4.78, 5) is 123. The largest absolute Gasteiger partial charge is 0.480 e. The van der Waals surface area contributed by atoms with E-state index in [4.69, 9.17) is 180 Å². The molecule has 8 fully saturated rings. The molecule has 2 aromatic carbocycles. The van der Waals surface area contributed by atoms with Crippen LogP contribution in [0.2, 0.25) is 48.5 Å². The summed E-state index contributed by atoms with van der Waals surface area (Å²) in [5.74, 6) is -3.08. The topological polar surface area (TPSA) is 349 Å². The number of likely N-dealkylation sites (tertiary alicyclic amines) is 3. The number of fused-ring (bicyclic) bond motifs is 2. The molecule has 12 atom stereocenters. The summed E-state index contributed by atoms with van der Waals surface area (Å²) in [6.45, 7) is 14.8. The number of ether oxygens (including phenoxy) is 2. The molecular formula is C64H88B40F4N12O14. The second-order valence-corrected chi connectivity index (χ2v) is 38.4. The summed E-state index contributed by atoms with van der Waals surface area (Å²) in [6.07, 6.45) is -10.9. The van der Waals surface area contributed by atoms with E-state index in [2.05, 4.69) is 31.5 Å². The number of hydrogen-bond acceptors (Lipinski definition) is 16. The summed E-state index contributed by atoms with van der Waals surface area (Å²) >= 11 is 0. The lowest BCUT2D eigenvalue weighted by atomic mass is 8.57. The number of amides is 6. The average Bonchev–Trinajstić information content (AvgIpc) is 1.64.